The van der Waals surface area contributed by atoms with Crippen molar-refractivity contribution in [3.05, 3.63) is 59.2 Å². The molecule has 1 aromatic rings. The fourth-order valence-electron chi connectivity index (χ4n) is 2.27. The molecule has 16 heavy (non-hydrogen) atoms. The van der Waals surface area contributed by atoms with Crippen molar-refractivity contribution < 1.29 is 0 Å². The summed E-state index contributed by atoms with van der Waals surface area (Å²) >= 11 is 0. The maximum Gasteiger partial charge on any atom is -0.00635 e. The van der Waals surface area contributed by atoms with Gasteiger partial charge in [0.15, 0.2) is 0 Å². The molecular weight excluding hydrogens is 192 g/mol. The van der Waals surface area contributed by atoms with Crippen molar-refractivity contribution in [1.82, 2.24) is 0 Å². The van der Waals surface area contributed by atoms with Gasteiger partial charge in [0.05, 0.1) is 0 Å². The molecule has 2 rings (SSSR count). The van der Waals surface area contributed by atoms with Gasteiger partial charge in [0.2, 0.25) is 0 Å². The van der Waals surface area contributed by atoms with Crippen LogP contribution >= 0.6 is 0 Å². The van der Waals surface area contributed by atoms with Gasteiger partial charge >= 0.3 is 0 Å². The van der Waals surface area contributed by atoms with E-state index in [-0.39, 0.29) is 0 Å². The maximum absolute atomic E-state index is 4.07. The molecule has 1 aromatic carbocycles. The molecule has 0 heterocycles. The van der Waals surface area contributed by atoms with Crippen molar-refractivity contribution in [2.75, 3.05) is 0 Å². The van der Waals surface area contributed by atoms with Crippen molar-refractivity contribution in [3.63, 3.8) is 0 Å². The molecule has 0 nitrogen and oxygen atoms in total. The molecule has 1 aliphatic rings. The van der Waals surface area contributed by atoms with Crippen LogP contribution in [0.5, 0.6) is 0 Å². The normalized spacial score (nSPS) is 16.0. The fraction of sp³-hybridized carbons (Fsp3) is 0.375. The monoisotopic (exact) mass is 212 g/mol. The van der Waals surface area contributed by atoms with Crippen LogP contribution in [0, 0.1) is 5.92 Å². The summed E-state index contributed by atoms with van der Waals surface area (Å²) in [5.74, 6) is 0.572. The Labute approximate surface area is 98.7 Å². The summed E-state index contributed by atoms with van der Waals surface area (Å²) in [4.78, 5) is 0. The third kappa shape index (κ3) is 2.27. The van der Waals surface area contributed by atoms with Crippen molar-refractivity contribution in [2.24, 2.45) is 5.92 Å². The Hall–Kier alpha value is -1.30. The van der Waals surface area contributed by atoms with Crippen LogP contribution in [0.1, 0.15) is 30.5 Å². The largest absolute Gasteiger partial charge is 0.0999 e. The molecule has 0 fully saturated rings. The number of rotatable bonds is 3. The molecule has 0 saturated carbocycles. The van der Waals surface area contributed by atoms with Gasteiger partial charge in [0, 0.05) is 0 Å². The molecule has 0 heteroatoms. The van der Waals surface area contributed by atoms with E-state index in [1.807, 2.05) is 0 Å². The van der Waals surface area contributed by atoms with Gasteiger partial charge in [-0.15, -0.1) is 0 Å². The van der Waals surface area contributed by atoms with Crippen LogP contribution < -0.4 is 0 Å². The van der Waals surface area contributed by atoms with Crippen molar-refractivity contribution >= 4 is 0 Å². The zero-order valence-electron chi connectivity index (χ0n) is 10.3. The van der Waals surface area contributed by atoms with E-state index < -0.39 is 0 Å². The highest BCUT2D eigenvalue weighted by Crippen LogP contribution is 2.27. The van der Waals surface area contributed by atoms with Gasteiger partial charge in [-0.1, -0.05) is 49.4 Å². The van der Waals surface area contributed by atoms with Gasteiger partial charge in [-0.2, -0.15) is 0 Å². The lowest BCUT2D eigenvalue weighted by molar-refractivity contribution is 0.680. The number of fused-ring (bicyclic) bond motifs is 1. The van der Waals surface area contributed by atoms with Gasteiger partial charge in [-0.05, 0) is 48.8 Å². The summed E-state index contributed by atoms with van der Waals surface area (Å²) in [7, 11) is 0. The lowest BCUT2D eigenvalue weighted by atomic mass is 9.94. The first-order valence-electron chi connectivity index (χ1n) is 5.99. The number of hydrogen-bond donors (Lipinski definition) is 0. The molecule has 0 N–H and O–H groups in total. The minimum absolute atomic E-state index is 0.572. The van der Waals surface area contributed by atoms with E-state index in [0.29, 0.717) is 5.92 Å². The van der Waals surface area contributed by atoms with E-state index in [9.17, 15) is 0 Å². The number of hydrogen-bond acceptors (Lipinski definition) is 0. The molecule has 0 amide bonds. The van der Waals surface area contributed by atoms with Crippen LogP contribution in [0.4, 0.5) is 0 Å². The predicted molar refractivity (Wildman–Crippen MR) is 70.7 cm³/mol. The van der Waals surface area contributed by atoms with E-state index in [2.05, 4.69) is 45.2 Å². The Kier molecular flexibility index (Phi) is 3.00. The molecule has 0 radical (unpaired) electrons. The van der Waals surface area contributed by atoms with E-state index in [1.165, 1.54) is 27.8 Å². The maximum atomic E-state index is 4.07. The molecule has 0 aliphatic heterocycles. The van der Waals surface area contributed by atoms with E-state index in [1.54, 1.807) is 0 Å². The van der Waals surface area contributed by atoms with Crippen molar-refractivity contribution in [3.8, 4) is 0 Å². The molecule has 1 aliphatic carbocycles. The lowest BCUT2D eigenvalue weighted by Crippen LogP contribution is -2.01. The summed E-state index contributed by atoms with van der Waals surface area (Å²) in [5.41, 5.74) is 7.00. The highest BCUT2D eigenvalue weighted by molar-refractivity contribution is 5.42. The molecular formula is C16H20. The second-order valence-electron chi connectivity index (χ2n) is 5.16. The highest BCUT2D eigenvalue weighted by Gasteiger charge is 2.14. The molecule has 0 spiro atoms. The van der Waals surface area contributed by atoms with Crippen LogP contribution in [0.2, 0.25) is 0 Å². The van der Waals surface area contributed by atoms with Crippen molar-refractivity contribution in [2.45, 2.75) is 33.1 Å². The summed E-state index contributed by atoms with van der Waals surface area (Å²) in [6.07, 6.45) is 3.26. The Morgan fingerprint density at radius 3 is 2.69 bits per heavy atom. The summed E-state index contributed by atoms with van der Waals surface area (Å²) < 4.78 is 0. The Morgan fingerprint density at radius 2 is 2.00 bits per heavy atom. The summed E-state index contributed by atoms with van der Waals surface area (Å²) in [5, 5.41) is 0. The van der Waals surface area contributed by atoms with E-state index >= 15 is 0 Å². The van der Waals surface area contributed by atoms with Crippen LogP contribution in [0.25, 0.3) is 0 Å². The van der Waals surface area contributed by atoms with Crippen LogP contribution in [0.3, 0.4) is 0 Å². The molecule has 1 unspecified atom stereocenters. The zero-order chi connectivity index (χ0) is 11.7. The summed E-state index contributed by atoms with van der Waals surface area (Å²) in [6.45, 7) is 12.5. The van der Waals surface area contributed by atoms with E-state index in [4.69, 9.17) is 0 Å². The van der Waals surface area contributed by atoms with Crippen LogP contribution in [-0.2, 0) is 19.3 Å². The molecule has 84 valence electrons. The topological polar surface area (TPSA) is 0 Å². The average Bonchev–Trinajstić information content (AvgIpc) is 2.57. The second-order valence-corrected chi connectivity index (χ2v) is 5.16. The van der Waals surface area contributed by atoms with Gasteiger partial charge in [-0.3, -0.25) is 0 Å². The molecule has 1 atom stereocenters. The lowest BCUT2D eigenvalue weighted by Gasteiger charge is -2.12. The van der Waals surface area contributed by atoms with Crippen LogP contribution in [0.15, 0.2) is 42.5 Å². The Bertz CT molecular complexity index is 437. The Balaban J connectivity index is 2.16. The van der Waals surface area contributed by atoms with Gasteiger partial charge in [-0.25, -0.2) is 0 Å². The first-order chi connectivity index (χ1) is 7.56. The number of benzene rings is 1. The fourth-order valence-corrected chi connectivity index (χ4v) is 2.27. The van der Waals surface area contributed by atoms with Crippen molar-refractivity contribution in [1.29, 1.82) is 0 Å². The minimum Gasteiger partial charge on any atom is -0.0999 e. The smallest absolute Gasteiger partial charge is 0.00635 e. The SMILES string of the molecule is C=C1Cc2ccc(CC(C)C(=C)C)cc2C1. The van der Waals surface area contributed by atoms with Crippen LogP contribution in [-0.4, -0.2) is 0 Å². The second kappa shape index (κ2) is 4.29. The first kappa shape index (κ1) is 11.2. The summed E-state index contributed by atoms with van der Waals surface area (Å²) in [6, 6.07) is 6.89. The average molecular weight is 212 g/mol. The quantitative estimate of drug-likeness (QED) is 0.662. The third-order valence-corrected chi connectivity index (χ3v) is 3.53. The van der Waals surface area contributed by atoms with Gasteiger partial charge in [0.25, 0.3) is 0 Å². The predicted octanol–water partition coefficient (Wildman–Crippen LogP) is 4.10. The van der Waals surface area contributed by atoms with E-state index in [0.717, 1.165) is 19.3 Å². The van der Waals surface area contributed by atoms with Gasteiger partial charge in [0.1, 0.15) is 0 Å². The Morgan fingerprint density at radius 1 is 1.31 bits per heavy atom. The molecule has 0 aromatic heterocycles. The zero-order valence-corrected chi connectivity index (χ0v) is 10.3. The highest BCUT2D eigenvalue weighted by atomic mass is 14.2. The third-order valence-electron chi connectivity index (χ3n) is 3.53. The molecule has 0 bridgehead atoms. The first-order valence-corrected chi connectivity index (χ1v) is 5.99. The molecule has 0 saturated heterocycles. The van der Waals surface area contributed by atoms with Gasteiger partial charge < -0.3 is 0 Å². The minimum atomic E-state index is 0.572. The number of allylic oxidation sites excluding steroid dienone is 2. The standard InChI is InChI=1S/C16H20/c1-11(2)13(4)9-14-5-6-15-7-12(3)8-16(15)10-14/h5-6,10,13H,1,3,7-9H2,2,4H3.